The molecule has 0 saturated heterocycles. The number of benzene rings is 2. The van der Waals surface area contributed by atoms with Crippen LogP contribution in [0.15, 0.2) is 48.5 Å². The normalized spacial score (nSPS) is 10.3. The summed E-state index contributed by atoms with van der Waals surface area (Å²) >= 11 is 0. The molecule has 2 aromatic carbocycles. The number of anilines is 2. The molecule has 0 saturated carbocycles. The van der Waals surface area contributed by atoms with E-state index in [2.05, 4.69) is 10.6 Å². The molecule has 0 heterocycles. The molecule has 0 aliphatic carbocycles. The topological polar surface area (TPSA) is 95.1 Å². The first-order valence-electron chi connectivity index (χ1n) is 9.64. The fourth-order valence-electron chi connectivity index (χ4n) is 2.43. The van der Waals surface area contributed by atoms with Gasteiger partial charge in [-0.3, -0.25) is 9.59 Å². The molecule has 0 spiro atoms. The molecule has 2 rings (SSSR count). The second-order valence-electron chi connectivity index (χ2n) is 6.33. The summed E-state index contributed by atoms with van der Waals surface area (Å²) in [6.07, 6.45) is 0.159. The Morgan fingerprint density at radius 2 is 1.00 bits per heavy atom. The number of ether oxygens (including phenoxy) is 4. The summed E-state index contributed by atoms with van der Waals surface area (Å²) in [5.74, 6) is 0.916. The molecular formula is C22H28N2O6. The Balaban J connectivity index is 1.69. The predicted octanol–water partition coefficient (Wildman–Crippen LogP) is 3.09. The molecule has 2 amide bonds. The first kappa shape index (κ1) is 23.2. The summed E-state index contributed by atoms with van der Waals surface area (Å²) in [5, 5.41) is 5.52. The molecular weight excluding hydrogens is 388 g/mol. The lowest BCUT2D eigenvalue weighted by Crippen LogP contribution is -2.17. The van der Waals surface area contributed by atoms with Gasteiger partial charge in [-0.2, -0.15) is 0 Å². The summed E-state index contributed by atoms with van der Waals surface area (Å²) in [7, 11) is 3.22. The highest BCUT2D eigenvalue weighted by molar-refractivity contribution is 5.96. The van der Waals surface area contributed by atoms with Crippen molar-refractivity contribution in [3.63, 3.8) is 0 Å². The van der Waals surface area contributed by atoms with Gasteiger partial charge in [0.05, 0.1) is 13.2 Å². The highest BCUT2D eigenvalue weighted by atomic mass is 16.5. The average molecular weight is 416 g/mol. The lowest BCUT2D eigenvalue weighted by atomic mass is 10.2. The third-order valence-corrected chi connectivity index (χ3v) is 3.97. The van der Waals surface area contributed by atoms with Crippen molar-refractivity contribution in [1.29, 1.82) is 0 Å². The van der Waals surface area contributed by atoms with Gasteiger partial charge in [0.15, 0.2) is 0 Å². The van der Waals surface area contributed by atoms with Crippen molar-refractivity contribution in [3.05, 3.63) is 48.5 Å². The smallest absolute Gasteiger partial charge is 0.224 e. The monoisotopic (exact) mass is 416 g/mol. The molecule has 0 bridgehead atoms. The molecule has 8 heteroatoms. The maximum Gasteiger partial charge on any atom is 0.224 e. The minimum absolute atomic E-state index is 0.0795. The Bertz CT molecular complexity index is 710. The van der Waals surface area contributed by atoms with Gasteiger partial charge in [0, 0.05) is 38.4 Å². The van der Waals surface area contributed by atoms with Gasteiger partial charge in [0.1, 0.15) is 24.7 Å². The molecule has 0 aliphatic rings. The Hall–Kier alpha value is -3.10. The minimum atomic E-state index is -0.236. The number of methoxy groups -OCH3 is 2. The summed E-state index contributed by atoms with van der Waals surface area (Å²) in [5.41, 5.74) is 1.28. The van der Waals surface area contributed by atoms with Crippen molar-refractivity contribution in [1.82, 2.24) is 0 Å². The number of amides is 2. The molecule has 0 atom stereocenters. The summed E-state index contributed by atoms with van der Waals surface area (Å²) in [4.78, 5) is 24.1. The third kappa shape index (κ3) is 8.93. The van der Waals surface area contributed by atoms with Crippen molar-refractivity contribution in [2.24, 2.45) is 0 Å². The highest BCUT2D eigenvalue weighted by Gasteiger charge is 2.08. The predicted molar refractivity (Wildman–Crippen MR) is 114 cm³/mol. The van der Waals surface area contributed by atoms with Crippen LogP contribution in [-0.2, 0) is 19.1 Å². The summed E-state index contributed by atoms with van der Waals surface area (Å²) in [6, 6.07) is 14.0. The van der Waals surface area contributed by atoms with E-state index in [0.29, 0.717) is 49.3 Å². The van der Waals surface area contributed by atoms with Crippen molar-refractivity contribution in [2.75, 3.05) is 51.3 Å². The second-order valence-corrected chi connectivity index (χ2v) is 6.33. The van der Waals surface area contributed by atoms with Crippen molar-refractivity contribution >= 4 is 23.2 Å². The van der Waals surface area contributed by atoms with Crippen LogP contribution in [0, 0.1) is 0 Å². The summed E-state index contributed by atoms with van der Waals surface area (Å²) in [6.45, 7) is 1.93. The van der Waals surface area contributed by atoms with E-state index in [0.717, 1.165) is 0 Å². The zero-order chi connectivity index (χ0) is 21.6. The van der Waals surface area contributed by atoms with E-state index in [1.807, 2.05) is 0 Å². The van der Waals surface area contributed by atoms with Gasteiger partial charge in [-0.1, -0.05) is 0 Å². The first-order chi connectivity index (χ1) is 14.6. The van der Waals surface area contributed by atoms with Crippen LogP contribution >= 0.6 is 0 Å². The summed E-state index contributed by atoms with van der Waals surface area (Å²) < 4.78 is 20.8. The number of rotatable bonds is 13. The second kappa shape index (κ2) is 13.2. The van der Waals surface area contributed by atoms with Crippen LogP contribution in [-0.4, -0.2) is 52.5 Å². The molecule has 0 radical (unpaired) electrons. The van der Waals surface area contributed by atoms with Gasteiger partial charge < -0.3 is 29.6 Å². The molecule has 2 aromatic rings. The zero-order valence-corrected chi connectivity index (χ0v) is 17.3. The standard InChI is InChI=1S/C22H28N2O6/c1-27-13-15-29-19-7-3-17(4-8-19)23-21(25)11-12-22(26)24-18-5-9-20(10-6-18)30-16-14-28-2/h3-10H,11-16H2,1-2H3,(H,23,25)(H,24,26). The lowest BCUT2D eigenvalue weighted by Gasteiger charge is -2.09. The lowest BCUT2D eigenvalue weighted by molar-refractivity contribution is -0.121. The molecule has 162 valence electrons. The highest BCUT2D eigenvalue weighted by Crippen LogP contribution is 2.17. The van der Waals surface area contributed by atoms with E-state index < -0.39 is 0 Å². The number of hydrogen-bond donors (Lipinski definition) is 2. The van der Waals surface area contributed by atoms with E-state index in [1.165, 1.54) is 0 Å². The number of hydrogen-bond acceptors (Lipinski definition) is 6. The molecule has 0 fully saturated rings. The van der Waals surface area contributed by atoms with Crippen LogP contribution in [0.4, 0.5) is 11.4 Å². The van der Waals surface area contributed by atoms with Crippen LogP contribution in [0.1, 0.15) is 12.8 Å². The van der Waals surface area contributed by atoms with Crippen LogP contribution < -0.4 is 20.1 Å². The van der Waals surface area contributed by atoms with Gasteiger partial charge >= 0.3 is 0 Å². The quantitative estimate of drug-likeness (QED) is 0.487. The Labute approximate surface area is 176 Å². The van der Waals surface area contributed by atoms with Crippen molar-refractivity contribution < 1.29 is 28.5 Å². The van der Waals surface area contributed by atoms with Crippen LogP contribution in [0.5, 0.6) is 11.5 Å². The van der Waals surface area contributed by atoms with Crippen LogP contribution in [0.3, 0.4) is 0 Å². The van der Waals surface area contributed by atoms with E-state index in [9.17, 15) is 9.59 Å². The zero-order valence-electron chi connectivity index (χ0n) is 17.3. The Morgan fingerprint density at radius 1 is 0.633 bits per heavy atom. The van der Waals surface area contributed by atoms with E-state index in [4.69, 9.17) is 18.9 Å². The molecule has 0 aliphatic heterocycles. The Morgan fingerprint density at radius 3 is 1.33 bits per heavy atom. The van der Waals surface area contributed by atoms with Crippen molar-refractivity contribution in [2.45, 2.75) is 12.8 Å². The van der Waals surface area contributed by atoms with Gasteiger partial charge in [-0.25, -0.2) is 0 Å². The fourth-order valence-corrected chi connectivity index (χ4v) is 2.43. The number of carbonyl (C=O) groups is 2. The van der Waals surface area contributed by atoms with Crippen molar-refractivity contribution in [3.8, 4) is 11.5 Å². The fraction of sp³-hybridized carbons (Fsp3) is 0.364. The molecule has 8 nitrogen and oxygen atoms in total. The molecule has 0 aromatic heterocycles. The first-order valence-corrected chi connectivity index (χ1v) is 9.64. The maximum absolute atomic E-state index is 12.1. The molecule has 2 N–H and O–H groups in total. The van der Waals surface area contributed by atoms with Gasteiger partial charge in [-0.05, 0) is 48.5 Å². The average Bonchev–Trinajstić information content (AvgIpc) is 2.75. The van der Waals surface area contributed by atoms with E-state index >= 15 is 0 Å². The SMILES string of the molecule is COCCOc1ccc(NC(=O)CCC(=O)Nc2ccc(OCCOC)cc2)cc1. The minimum Gasteiger partial charge on any atom is -0.491 e. The van der Waals surface area contributed by atoms with E-state index in [1.54, 1.807) is 62.8 Å². The van der Waals surface area contributed by atoms with Gasteiger partial charge in [-0.15, -0.1) is 0 Å². The van der Waals surface area contributed by atoms with Crippen LogP contribution in [0.25, 0.3) is 0 Å². The van der Waals surface area contributed by atoms with Crippen LogP contribution in [0.2, 0.25) is 0 Å². The molecule has 0 unspecified atom stereocenters. The van der Waals surface area contributed by atoms with E-state index in [-0.39, 0.29) is 24.7 Å². The maximum atomic E-state index is 12.1. The largest absolute Gasteiger partial charge is 0.491 e. The van der Waals surface area contributed by atoms with Gasteiger partial charge in [0.2, 0.25) is 11.8 Å². The van der Waals surface area contributed by atoms with Gasteiger partial charge in [0.25, 0.3) is 0 Å². The Kier molecular flexibility index (Phi) is 10.2. The molecule has 30 heavy (non-hydrogen) atoms. The number of carbonyl (C=O) groups excluding carboxylic acids is 2. The number of nitrogens with one attached hydrogen (secondary N) is 2. The third-order valence-electron chi connectivity index (χ3n) is 3.97.